The summed E-state index contributed by atoms with van der Waals surface area (Å²) < 4.78 is 1.61. The quantitative estimate of drug-likeness (QED) is 0.741. The first-order valence-electron chi connectivity index (χ1n) is 5.73. The van der Waals surface area contributed by atoms with Crippen LogP contribution in [0, 0.1) is 6.92 Å². The van der Waals surface area contributed by atoms with Crippen molar-refractivity contribution in [3.63, 3.8) is 0 Å². The summed E-state index contributed by atoms with van der Waals surface area (Å²) in [6, 6.07) is 3.69. The maximum atomic E-state index is 5.95. The maximum Gasteiger partial charge on any atom is 0.255 e. The van der Waals surface area contributed by atoms with Crippen molar-refractivity contribution in [2.45, 2.75) is 13.5 Å². The molecule has 0 atom stereocenters. The summed E-state index contributed by atoms with van der Waals surface area (Å²) in [6.45, 7) is 2.68. The van der Waals surface area contributed by atoms with Crippen LogP contribution in [0.25, 0.3) is 5.78 Å². The molecule has 0 saturated carbocycles. The Labute approximate surface area is 114 Å². The van der Waals surface area contributed by atoms with Crippen LogP contribution in [0.15, 0.2) is 30.9 Å². The molecular formula is C12H11ClN6. The van der Waals surface area contributed by atoms with Crippen LogP contribution in [0.1, 0.15) is 11.1 Å². The molecule has 0 aliphatic carbocycles. The molecule has 19 heavy (non-hydrogen) atoms. The second kappa shape index (κ2) is 4.81. The van der Waals surface area contributed by atoms with Crippen LogP contribution in [0.3, 0.4) is 0 Å². The third kappa shape index (κ3) is 2.34. The fraction of sp³-hybridized carbons (Fsp3) is 0.167. The molecule has 3 aromatic heterocycles. The van der Waals surface area contributed by atoms with Gasteiger partial charge in [0, 0.05) is 25.0 Å². The molecule has 0 aliphatic rings. The van der Waals surface area contributed by atoms with E-state index in [1.165, 1.54) is 11.9 Å². The van der Waals surface area contributed by atoms with Gasteiger partial charge in [-0.15, -0.1) is 0 Å². The highest BCUT2D eigenvalue weighted by atomic mass is 35.5. The van der Waals surface area contributed by atoms with Gasteiger partial charge in [0.15, 0.2) is 0 Å². The summed E-state index contributed by atoms with van der Waals surface area (Å²) in [5.41, 5.74) is 2.29. The molecule has 0 spiro atoms. The standard InChI is InChI=1S/C12H11ClN6/c1-8-2-3-14-5-9(8)6-15-11-4-10(13)18-12-16-7-17-19(11)12/h2-5,7,15H,6H2,1H3. The molecule has 0 radical (unpaired) electrons. The second-order valence-electron chi connectivity index (χ2n) is 4.09. The summed E-state index contributed by atoms with van der Waals surface area (Å²) in [5.74, 6) is 1.22. The third-order valence-corrected chi connectivity index (χ3v) is 3.02. The summed E-state index contributed by atoms with van der Waals surface area (Å²) >= 11 is 5.95. The van der Waals surface area contributed by atoms with Crippen molar-refractivity contribution in [1.82, 2.24) is 24.6 Å². The van der Waals surface area contributed by atoms with E-state index < -0.39 is 0 Å². The number of anilines is 1. The predicted molar refractivity (Wildman–Crippen MR) is 72.1 cm³/mol. The van der Waals surface area contributed by atoms with Gasteiger partial charge in [-0.25, -0.2) is 0 Å². The largest absolute Gasteiger partial charge is 0.366 e. The van der Waals surface area contributed by atoms with E-state index in [4.69, 9.17) is 11.6 Å². The minimum Gasteiger partial charge on any atom is -0.366 e. The third-order valence-electron chi connectivity index (χ3n) is 2.83. The number of nitrogens with zero attached hydrogens (tertiary/aromatic N) is 5. The van der Waals surface area contributed by atoms with Gasteiger partial charge in [0.05, 0.1) is 0 Å². The van der Waals surface area contributed by atoms with Crippen LogP contribution in [0.4, 0.5) is 5.82 Å². The number of fused-ring (bicyclic) bond motifs is 1. The number of halogens is 1. The van der Waals surface area contributed by atoms with Gasteiger partial charge in [-0.2, -0.15) is 19.6 Å². The number of aryl methyl sites for hydroxylation is 1. The summed E-state index contributed by atoms with van der Waals surface area (Å²) in [7, 11) is 0. The Hall–Kier alpha value is -2.21. The number of hydrogen-bond donors (Lipinski definition) is 1. The van der Waals surface area contributed by atoms with Gasteiger partial charge >= 0.3 is 0 Å². The predicted octanol–water partition coefficient (Wildman–Crippen LogP) is 2.09. The average molecular weight is 275 g/mol. The van der Waals surface area contributed by atoms with Crippen LogP contribution in [-0.2, 0) is 6.54 Å². The molecule has 0 aliphatic heterocycles. The lowest BCUT2D eigenvalue weighted by molar-refractivity contribution is 0.922. The van der Waals surface area contributed by atoms with Gasteiger partial charge in [0.25, 0.3) is 5.78 Å². The molecule has 1 N–H and O–H groups in total. The molecule has 96 valence electrons. The van der Waals surface area contributed by atoms with Gasteiger partial charge in [0.2, 0.25) is 0 Å². The molecule has 0 amide bonds. The average Bonchev–Trinajstić information content (AvgIpc) is 2.85. The summed E-state index contributed by atoms with van der Waals surface area (Å²) in [4.78, 5) is 12.2. The van der Waals surface area contributed by atoms with E-state index in [0.29, 0.717) is 17.5 Å². The zero-order valence-electron chi connectivity index (χ0n) is 10.2. The van der Waals surface area contributed by atoms with Crippen LogP contribution >= 0.6 is 11.6 Å². The van der Waals surface area contributed by atoms with E-state index in [1.54, 1.807) is 16.8 Å². The molecule has 0 unspecified atom stereocenters. The number of rotatable bonds is 3. The van der Waals surface area contributed by atoms with Gasteiger partial charge in [-0.1, -0.05) is 11.6 Å². The molecular weight excluding hydrogens is 264 g/mol. The lowest BCUT2D eigenvalue weighted by Gasteiger charge is -2.09. The first-order valence-corrected chi connectivity index (χ1v) is 6.11. The van der Waals surface area contributed by atoms with Crippen molar-refractivity contribution in [1.29, 1.82) is 0 Å². The van der Waals surface area contributed by atoms with Crippen molar-refractivity contribution in [3.05, 3.63) is 47.1 Å². The van der Waals surface area contributed by atoms with E-state index >= 15 is 0 Å². The monoisotopic (exact) mass is 274 g/mol. The van der Waals surface area contributed by atoms with Gasteiger partial charge in [-0.3, -0.25) is 4.98 Å². The molecule has 6 nitrogen and oxygen atoms in total. The number of aromatic nitrogens is 5. The first kappa shape index (κ1) is 11.9. The first-order chi connectivity index (χ1) is 9.24. The minimum absolute atomic E-state index is 0.380. The van der Waals surface area contributed by atoms with Crippen LogP contribution in [-0.4, -0.2) is 24.6 Å². The Morgan fingerprint density at radius 2 is 2.32 bits per heavy atom. The normalized spacial score (nSPS) is 10.8. The zero-order chi connectivity index (χ0) is 13.2. The van der Waals surface area contributed by atoms with E-state index in [9.17, 15) is 0 Å². The van der Waals surface area contributed by atoms with Gasteiger partial charge in [0.1, 0.15) is 17.3 Å². The summed E-state index contributed by atoms with van der Waals surface area (Å²) in [5, 5.41) is 7.75. The fourth-order valence-electron chi connectivity index (χ4n) is 1.78. The second-order valence-corrected chi connectivity index (χ2v) is 4.48. The smallest absolute Gasteiger partial charge is 0.255 e. The Balaban J connectivity index is 1.90. The van der Waals surface area contributed by atoms with E-state index in [1.807, 2.05) is 19.2 Å². The van der Waals surface area contributed by atoms with E-state index in [2.05, 4.69) is 25.4 Å². The summed E-state index contributed by atoms with van der Waals surface area (Å²) in [6.07, 6.45) is 5.06. The molecule has 0 bridgehead atoms. The molecule has 7 heteroatoms. The highest BCUT2D eigenvalue weighted by molar-refractivity contribution is 6.29. The lowest BCUT2D eigenvalue weighted by atomic mass is 10.1. The number of nitrogens with one attached hydrogen (secondary N) is 1. The lowest BCUT2D eigenvalue weighted by Crippen LogP contribution is -2.07. The van der Waals surface area contributed by atoms with E-state index in [-0.39, 0.29) is 0 Å². The number of pyridine rings is 1. The van der Waals surface area contributed by atoms with Crippen molar-refractivity contribution in [2.75, 3.05) is 5.32 Å². The van der Waals surface area contributed by atoms with Crippen molar-refractivity contribution in [3.8, 4) is 0 Å². The number of hydrogen-bond acceptors (Lipinski definition) is 5. The Morgan fingerprint density at radius 1 is 1.42 bits per heavy atom. The Bertz CT molecular complexity index is 723. The molecule has 3 heterocycles. The van der Waals surface area contributed by atoms with Crippen LogP contribution in [0.2, 0.25) is 5.15 Å². The highest BCUT2D eigenvalue weighted by Gasteiger charge is 2.06. The Morgan fingerprint density at radius 3 is 3.16 bits per heavy atom. The van der Waals surface area contributed by atoms with E-state index in [0.717, 1.165) is 11.4 Å². The highest BCUT2D eigenvalue weighted by Crippen LogP contribution is 2.16. The zero-order valence-corrected chi connectivity index (χ0v) is 11.0. The van der Waals surface area contributed by atoms with Crippen molar-refractivity contribution < 1.29 is 0 Å². The molecule has 0 aromatic carbocycles. The molecule has 0 saturated heterocycles. The molecule has 3 aromatic rings. The SMILES string of the molecule is Cc1ccncc1CNc1cc(Cl)nc2ncnn12. The topological polar surface area (TPSA) is 68.0 Å². The van der Waals surface area contributed by atoms with Crippen LogP contribution in [0.5, 0.6) is 0 Å². The molecule has 3 rings (SSSR count). The van der Waals surface area contributed by atoms with Crippen LogP contribution < -0.4 is 5.32 Å². The van der Waals surface area contributed by atoms with Crippen molar-refractivity contribution in [2.24, 2.45) is 0 Å². The van der Waals surface area contributed by atoms with Gasteiger partial charge < -0.3 is 5.32 Å². The minimum atomic E-state index is 0.380. The Kier molecular flexibility index (Phi) is 3.00. The molecule has 0 fully saturated rings. The fourth-order valence-corrected chi connectivity index (χ4v) is 1.96. The van der Waals surface area contributed by atoms with Crippen molar-refractivity contribution >= 4 is 23.2 Å². The van der Waals surface area contributed by atoms with Gasteiger partial charge in [-0.05, 0) is 24.1 Å². The maximum absolute atomic E-state index is 5.95.